The zero-order valence-corrected chi connectivity index (χ0v) is 10.9. The van der Waals surface area contributed by atoms with E-state index >= 15 is 0 Å². The Labute approximate surface area is 115 Å². The largest absolute Gasteiger partial charge is 0.477 e. The molecule has 0 saturated heterocycles. The fourth-order valence-corrected chi connectivity index (χ4v) is 2.19. The SMILES string of the molecule is Cn1c(Cc2ccc(C(=O)O)nc2)nc2ccccc21. The topological polar surface area (TPSA) is 68.0 Å². The predicted octanol–water partition coefficient (Wildman–Crippen LogP) is 2.26. The summed E-state index contributed by atoms with van der Waals surface area (Å²) in [6, 6.07) is 11.2. The van der Waals surface area contributed by atoms with Crippen LogP contribution in [0.1, 0.15) is 21.9 Å². The molecule has 0 bridgehead atoms. The second kappa shape index (κ2) is 4.77. The smallest absolute Gasteiger partial charge is 0.354 e. The van der Waals surface area contributed by atoms with Gasteiger partial charge >= 0.3 is 5.97 Å². The van der Waals surface area contributed by atoms with Crippen molar-refractivity contribution in [2.45, 2.75) is 6.42 Å². The van der Waals surface area contributed by atoms with Crippen molar-refractivity contribution in [3.8, 4) is 0 Å². The van der Waals surface area contributed by atoms with Gasteiger partial charge in [-0.2, -0.15) is 0 Å². The molecule has 2 aromatic heterocycles. The Balaban J connectivity index is 1.92. The maximum Gasteiger partial charge on any atom is 0.354 e. The number of hydrogen-bond acceptors (Lipinski definition) is 3. The van der Waals surface area contributed by atoms with Gasteiger partial charge in [0.05, 0.1) is 11.0 Å². The molecule has 1 N–H and O–H groups in total. The molecule has 0 aliphatic carbocycles. The maximum absolute atomic E-state index is 10.8. The Bertz CT molecular complexity index is 775. The lowest BCUT2D eigenvalue weighted by atomic mass is 10.2. The van der Waals surface area contributed by atoms with Gasteiger partial charge in [0.1, 0.15) is 11.5 Å². The number of pyridine rings is 1. The van der Waals surface area contributed by atoms with Gasteiger partial charge in [-0.1, -0.05) is 18.2 Å². The number of aromatic nitrogens is 3. The van der Waals surface area contributed by atoms with E-state index in [0.717, 1.165) is 22.4 Å². The number of carboxylic acids is 1. The van der Waals surface area contributed by atoms with Crippen LogP contribution in [0.5, 0.6) is 0 Å². The number of para-hydroxylation sites is 2. The Hall–Kier alpha value is -2.69. The van der Waals surface area contributed by atoms with Crippen molar-refractivity contribution in [1.29, 1.82) is 0 Å². The second-order valence-electron chi connectivity index (χ2n) is 4.61. The van der Waals surface area contributed by atoms with Crippen molar-refractivity contribution >= 4 is 17.0 Å². The van der Waals surface area contributed by atoms with Crippen LogP contribution >= 0.6 is 0 Å². The maximum atomic E-state index is 10.8. The summed E-state index contributed by atoms with van der Waals surface area (Å²) < 4.78 is 2.04. The lowest BCUT2D eigenvalue weighted by Crippen LogP contribution is -2.02. The fraction of sp³-hybridized carbons (Fsp3) is 0.133. The van der Waals surface area contributed by atoms with Gasteiger partial charge < -0.3 is 9.67 Å². The fourth-order valence-electron chi connectivity index (χ4n) is 2.19. The molecule has 5 heteroatoms. The summed E-state index contributed by atoms with van der Waals surface area (Å²) in [5.41, 5.74) is 3.03. The second-order valence-corrected chi connectivity index (χ2v) is 4.61. The third-order valence-corrected chi connectivity index (χ3v) is 3.29. The first-order valence-electron chi connectivity index (χ1n) is 6.23. The molecule has 0 radical (unpaired) electrons. The van der Waals surface area contributed by atoms with E-state index in [2.05, 4.69) is 9.97 Å². The molecule has 3 aromatic rings. The molecule has 0 aliphatic rings. The standard InChI is InChI=1S/C15H13N3O2/c1-18-13-5-3-2-4-11(13)17-14(18)8-10-6-7-12(15(19)20)16-9-10/h2-7,9H,8H2,1H3,(H,19,20). The van der Waals surface area contributed by atoms with Crippen LogP contribution in [0, 0.1) is 0 Å². The average Bonchev–Trinajstić information content (AvgIpc) is 2.77. The van der Waals surface area contributed by atoms with Gasteiger partial charge in [0.25, 0.3) is 0 Å². The molecule has 100 valence electrons. The Morgan fingerprint density at radius 2 is 2.05 bits per heavy atom. The van der Waals surface area contributed by atoms with Gasteiger partial charge in [0.2, 0.25) is 0 Å². The summed E-state index contributed by atoms with van der Waals surface area (Å²) in [7, 11) is 1.98. The number of aromatic carboxylic acids is 1. The molecule has 0 fully saturated rings. The Kier molecular flexibility index (Phi) is 2.95. The zero-order chi connectivity index (χ0) is 14.1. The Morgan fingerprint density at radius 1 is 1.25 bits per heavy atom. The van der Waals surface area contributed by atoms with E-state index in [4.69, 9.17) is 5.11 Å². The number of benzene rings is 1. The summed E-state index contributed by atoms with van der Waals surface area (Å²) in [5, 5.41) is 8.83. The first-order valence-corrected chi connectivity index (χ1v) is 6.23. The lowest BCUT2D eigenvalue weighted by molar-refractivity contribution is 0.0690. The first kappa shape index (κ1) is 12.3. The van der Waals surface area contributed by atoms with Crippen molar-refractivity contribution in [3.05, 3.63) is 59.7 Å². The number of carbonyl (C=O) groups is 1. The molecule has 0 aliphatic heterocycles. The van der Waals surface area contributed by atoms with E-state index in [-0.39, 0.29) is 5.69 Å². The van der Waals surface area contributed by atoms with E-state index < -0.39 is 5.97 Å². The molecule has 5 nitrogen and oxygen atoms in total. The predicted molar refractivity (Wildman–Crippen MR) is 74.7 cm³/mol. The molecular formula is C15H13N3O2. The molecule has 0 atom stereocenters. The van der Waals surface area contributed by atoms with Crippen molar-refractivity contribution < 1.29 is 9.90 Å². The molecule has 0 amide bonds. The monoisotopic (exact) mass is 267 g/mol. The van der Waals surface area contributed by atoms with Crippen LogP contribution in [0.15, 0.2) is 42.6 Å². The number of hydrogen-bond donors (Lipinski definition) is 1. The quantitative estimate of drug-likeness (QED) is 0.790. The number of rotatable bonds is 3. The van der Waals surface area contributed by atoms with Gasteiger partial charge in [0, 0.05) is 19.7 Å². The number of carboxylic acid groups (broad SMARTS) is 1. The number of fused-ring (bicyclic) bond motifs is 1. The van der Waals surface area contributed by atoms with E-state index in [1.165, 1.54) is 6.07 Å². The average molecular weight is 267 g/mol. The highest BCUT2D eigenvalue weighted by Gasteiger charge is 2.09. The highest BCUT2D eigenvalue weighted by molar-refractivity contribution is 5.85. The summed E-state index contributed by atoms with van der Waals surface area (Å²) in [5.74, 6) is -0.0876. The van der Waals surface area contributed by atoms with Crippen LogP contribution in [-0.2, 0) is 13.5 Å². The Morgan fingerprint density at radius 3 is 2.70 bits per heavy atom. The van der Waals surface area contributed by atoms with Crippen molar-refractivity contribution in [1.82, 2.24) is 14.5 Å². The highest BCUT2D eigenvalue weighted by Crippen LogP contribution is 2.16. The van der Waals surface area contributed by atoms with Crippen LogP contribution in [-0.4, -0.2) is 25.6 Å². The van der Waals surface area contributed by atoms with Crippen LogP contribution in [0.3, 0.4) is 0 Å². The van der Waals surface area contributed by atoms with E-state index in [1.807, 2.05) is 35.9 Å². The molecule has 20 heavy (non-hydrogen) atoms. The highest BCUT2D eigenvalue weighted by atomic mass is 16.4. The van der Waals surface area contributed by atoms with E-state index in [1.54, 1.807) is 12.3 Å². The van der Waals surface area contributed by atoms with Crippen molar-refractivity contribution in [3.63, 3.8) is 0 Å². The van der Waals surface area contributed by atoms with Crippen molar-refractivity contribution in [2.75, 3.05) is 0 Å². The van der Waals surface area contributed by atoms with Crippen LogP contribution in [0.2, 0.25) is 0 Å². The third kappa shape index (κ3) is 2.14. The number of aryl methyl sites for hydroxylation is 1. The van der Waals surface area contributed by atoms with Gasteiger partial charge in [-0.3, -0.25) is 0 Å². The number of nitrogens with zero attached hydrogens (tertiary/aromatic N) is 3. The molecule has 3 rings (SSSR count). The molecule has 0 unspecified atom stereocenters. The minimum absolute atomic E-state index is 0.0544. The van der Waals surface area contributed by atoms with Gasteiger partial charge in [-0.25, -0.2) is 14.8 Å². The normalized spacial score (nSPS) is 10.8. The summed E-state index contributed by atoms with van der Waals surface area (Å²) in [4.78, 5) is 19.3. The van der Waals surface area contributed by atoms with Crippen LogP contribution < -0.4 is 0 Å². The third-order valence-electron chi connectivity index (χ3n) is 3.29. The summed E-state index contributed by atoms with van der Waals surface area (Å²) >= 11 is 0. The molecule has 0 spiro atoms. The van der Waals surface area contributed by atoms with Crippen LogP contribution in [0.4, 0.5) is 0 Å². The van der Waals surface area contributed by atoms with Crippen molar-refractivity contribution in [2.24, 2.45) is 7.05 Å². The lowest BCUT2D eigenvalue weighted by Gasteiger charge is -2.03. The van der Waals surface area contributed by atoms with E-state index in [0.29, 0.717) is 6.42 Å². The first-order chi connectivity index (χ1) is 9.65. The molecule has 1 aromatic carbocycles. The number of imidazole rings is 1. The minimum Gasteiger partial charge on any atom is -0.477 e. The van der Waals surface area contributed by atoms with Crippen LogP contribution in [0.25, 0.3) is 11.0 Å². The summed E-state index contributed by atoms with van der Waals surface area (Å²) in [6.07, 6.45) is 2.21. The minimum atomic E-state index is -1.01. The molecule has 0 saturated carbocycles. The molecular weight excluding hydrogens is 254 g/mol. The summed E-state index contributed by atoms with van der Waals surface area (Å²) in [6.45, 7) is 0. The van der Waals surface area contributed by atoms with Gasteiger partial charge in [-0.05, 0) is 23.8 Å². The zero-order valence-electron chi connectivity index (χ0n) is 10.9. The van der Waals surface area contributed by atoms with Gasteiger partial charge in [-0.15, -0.1) is 0 Å². The van der Waals surface area contributed by atoms with E-state index in [9.17, 15) is 4.79 Å². The molecule has 2 heterocycles. The van der Waals surface area contributed by atoms with Gasteiger partial charge in [0.15, 0.2) is 0 Å².